The Kier molecular flexibility index (Phi) is 4.16. The zero-order chi connectivity index (χ0) is 13.8. The molecule has 0 amide bonds. The van der Waals surface area contributed by atoms with Crippen molar-refractivity contribution in [1.29, 1.82) is 5.26 Å². The molecular formula is C14H7Cl2FN2. The van der Waals surface area contributed by atoms with Gasteiger partial charge in [-0.05, 0) is 35.4 Å². The molecule has 2 aromatic rings. The van der Waals surface area contributed by atoms with Gasteiger partial charge in [0.1, 0.15) is 11.9 Å². The van der Waals surface area contributed by atoms with E-state index < -0.39 is 5.82 Å². The Morgan fingerprint density at radius 3 is 2.42 bits per heavy atom. The van der Waals surface area contributed by atoms with Crippen molar-refractivity contribution in [3.8, 4) is 6.07 Å². The zero-order valence-electron chi connectivity index (χ0n) is 9.57. The highest BCUT2D eigenvalue weighted by Crippen LogP contribution is 2.30. The molecule has 94 valence electrons. The molecule has 0 aliphatic heterocycles. The second kappa shape index (κ2) is 5.83. The van der Waals surface area contributed by atoms with E-state index in [0.717, 1.165) is 0 Å². The van der Waals surface area contributed by atoms with Crippen LogP contribution in [0.4, 0.5) is 4.39 Å². The highest BCUT2D eigenvalue weighted by molar-refractivity contribution is 6.53. The van der Waals surface area contributed by atoms with Gasteiger partial charge in [0.05, 0.1) is 15.6 Å². The SMILES string of the molecule is N#C/C(=C(\Cl)c1ccc(Cl)c(F)c1)c1ccncc1. The molecular weight excluding hydrogens is 286 g/mol. The van der Waals surface area contributed by atoms with E-state index in [1.54, 1.807) is 30.6 Å². The van der Waals surface area contributed by atoms with E-state index >= 15 is 0 Å². The number of halogens is 3. The predicted octanol–water partition coefficient (Wildman–Crippen LogP) is 4.50. The Labute approximate surface area is 119 Å². The lowest BCUT2D eigenvalue weighted by Crippen LogP contribution is -1.88. The number of aromatic nitrogens is 1. The van der Waals surface area contributed by atoms with E-state index in [4.69, 9.17) is 23.2 Å². The van der Waals surface area contributed by atoms with Crippen LogP contribution in [0, 0.1) is 17.1 Å². The smallest absolute Gasteiger partial charge is 0.142 e. The Morgan fingerprint density at radius 2 is 1.84 bits per heavy atom. The van der Waals surface area contributed by atoms with Gasteiger partial charge < -0.3 is 0 Å². The summed E-state index contributed by atoms with van der Waals surface area (Å²) in [7, 11) is 0. The van der Waals surface area contributed by atoms with E-state index in [2.05, 4.69) is 4.98 Å². The van der Waals surface area contributed by atoms with Crippen LogP contribution in [0.1, 0.15) is 11.1 Å². The van der Waals surface area contributed by atoms with Crippen LogP contribution in [0.2, 0.25) is 5.02 Å². The van der Waals surface area contributed by atoms with Crippen LogP contribution in [-0.2, 0) is 0 Å². The lowest BCUT2D eigenvalue weighted by atomic mass is 10.0. The maximum atomic E-state index is 13.4. The van der Waals surface area contributed by atoms with Gasteiger partial charge in [-0.25, -0.2) is 4.39 Å². The Balaban J connectivity index is 2.56. The standard InChI is InChI=1S/C14H7Cl2FN2/c15-12-2-1-10(7-13(12)17)14(16)11(8-18)9-3-5-19-6-4-9/h1-7H/b14-11+. The third kappa shape index (κ3) is 2.93. The van der Waals surface area contributed by atoms with Crippen LogP contribution in [0.5, 0.6) is 0 Å². The lowest BCUT2D eigenvalue weighted by Gasteiger charge is -2.05. The van der Waals surface area contributed by atoms with Gasteiger partial charge in [-0.15, -0.1) is 0 Å². The number of hydrogen-bond donors (Lipinski definition) is 0. The van der Waals surface area contributed by atoms with Gasteiger partial charge in [0.25, 0.3) is 0 Å². The van der Waals surface area contributed by atoms with E-state index in [1.165, 1.54) is 12.1 Å². The molecule has 0 fully saturated rings. The highest BCUT2D eigenvalue weighted by Gasteiger charge is 2.11. The number of pyridine rings is 1. The van der Waals surface area contributed by atoms with Crippen molar-refractivity contribution in [3.63, 3.8) is 0 Å². The maximum Gasteiger partial charge on any atom is 0.142 e. The summed E-state index contributed by atoms with van der Waals surface area (Å²) in [4.78, 5) is 3.87. The summed E-state index contributed by atoms with van der Waals surface area (Å²) in [6.45, 7) is 0. The molecule has 2 rings (SSSR count). The lowest BCUT2D eigenvalue weighted by molar-refractivity contribution is 0.628. The second-order valence-electron chi connectivity index (χ2n) is 3.67. The van der Waals surface area contributed by atoms with Crippen molar-refractivity contribution in [2.75, 3.05) is 0 Å². The molecule has 2 nitrogen and oxygen atoms in total. The number of nitrogens with zero attached hydrogens (tertiary/aromatic N) is 2. The number of benzene rings is 1. The molecule has 0 saturated carbocycles. The molecule has 1 aromatic heterocycles. The summed E-state index contributed by atoms with van der Waals surface area (Å²) in [5.41, 5.74) is 1.28. The molecule has 1 heterocycles. The Morgan fingerprint density at radius 1 is 1.16 bits per heavy atom. The first-order chi connectivity index (χ1) is 9.13. The van der Waals surface area contributed by atoms with Crippen molar-refractivity contribution >= 4 is 33.8 Å². The topological polar surface area (TPSA) is 36.7 Å². The van der Waals surface area contributed by atoms with E-state index in [9.17, 15) is 9.65 Å². The molecule has 0 N–H and O–H groups in total. The van der Waals surface area contributed by atoms with E-state index in [0.29, 0.717) is 11.1 Å². The van der Waals surface area contributed by atoms with Crippen LogP contribution < -0.4 is 0 Å². The summed E-state index contributed by atoms with van der Waals surface area (Å²) in [6.07, 6.45) is 3.11. The molecule has 1 aromatic carbocycles. The molecule has 0 saturated heterocycles. The van der Waals surface area contributed by atoms with Crippen LogP contribution in [0.3, 0.4) is 0 Å². The van der Waals surface area contributed by atoms with Crippen LogP contribution in [-0.4, -0.2) is 4.98 Å². The fourth-order valence-electron chi connectivity index (χ4n) is 1.54. The normalized spacial score (nSPS) is 11.7. The van der Waals surface area contributed by atoms with Gasteiger partial charge in [-0.2, -0.15) is 5.26 Å². The average Bonchev–Trinajstić information content (AvgIpc) is 2.44. The van der Waals surface area contributed by atoms with Crippen molar-refractivity contribution < 1.29 is 4.39 Å². The van der Waals surface area contributed by atoms with Crippen molar-refractivity contribution in [2.45, 2.75) is 0 Å². The average molecular weight is 293 g/mol. The number of hydrogen-bond acceptors (Lipinski definition) is 2. The first kappa shape index (κ1) is 13.5. The highest BCUT2D eigenvalue weighted by atomic mass is 35.5. The largest absolute Gasteiger partial charge is 0.265 e. The van der Waals surface area contributed by atoms with Crippen molar-refractivity contribution in [3.05, 3.63) is 64.7 Å². The molecule has 19 heavy (non-hydrogen) atoms. The molecule has 0 radical (unpaired) electrons. The van der Waals surface area contributed by atoms with Crippen molar-refractivity contribution in [1.82, 2.24) is 4.98 Å². The minimum atomic E-state index is -0.579. The molecule has 0 spiro atoms. The molecule has 0 bridgehead atoms. The van der Waals surface area contributed by atoms with Gasteiger partial charge in [-0.1, -0.05) is 29.3 Å². The third-order valence-corrected chi connectivity index (χ3v) is 3.19. The zero-order valence-corrected chi connectivity index (χ0v) is 11.1. The fourth-order valence-corrected chi connectivity index (χ4v) is 1.92. The summed E-state index contributed by atoms with van der Waals surface area (Å²) in [6, 6.07) is 9.49. The monoisotopic (exact) mass is 292 g/mol. The Bertz CT molecular complexity index is 676. The minimum absolute atomic E-state index is 0.00985. The van der Waals surface area contributed by atoms with E-state index in [1.807, 2.05) is 6.07 Å². The predicted molar refractivity (Wildman–Crippen MR) is 73.9 cm³/mol. The number of rotatable bonds is 2. The molecule has 0 aliphatic rings. The maximum absolute atomic E-state index is 13.4. The second-order valence-corrected chi connectivity index (χ2v) is 4.45. The molecule has 0 aliphatic carbocycles. The van der Waals surface area contributed by atoms with Crippen LogP contribution >= 0.6 is 23.2 Å². The van der Waals surface area contributed by atoms with Gasteiger partial charge in [0.15, 0.2) is 0 Å². The number of nitriles is 1. The van der Waals surface area contributed by atoms with Crippen LogP contribution in [0.15, 0.2) is 42.7 Å². The first-order valence-corrected chi connectivity index (χ1v) is 6.04. The van der Waals surface area contributed by atoms with E-state index in [-0.39, 0.29) is 15.6 Å². The minimum Gasteiger partial charge on any atom is -0.265 e. The molecule has 0 unspecified atom stereocenters. The molecule has 0 atom stereocenters. The fraction of sp³-hybridized carbons (Fsp3) is 0. The summed E-state index contributed by atoms with van der Waals surface area (Å²) < 4.78 is 13.4. The van der Waals surface area contributed by atoms with Gasteiger partial charge in [-0.3, -0.25) is 4.98 Å². The first-order valence-electron chi connectivity index (χ1n) is 5.29. The third-order valence-electron chi connectivity index (χ3n) is 2.47. The van der Waals surface area contributed by atoms with Crippen molar-refractivity contribution in [2.24, 2.45) is 0 Å². The molecule has 5 heteroatoms. The van der Waals surface area contributed by atoms with Gasteiger partial charge >= 0.3 is 0 Å². The summed E-state index contributed by atoms with van der Waals surface area (Å²) >= 11 is 11.8. The number of allylic oxidation sites excluding steroid dienone is 1. The van der Waals surface area contributed by atoms with Crippen LogP contribution in [0.25, 0.3) is 10.6 Å². The quantitative estimate of drug-likeness (QED) is 0.764. The van der Waals surface area contributed by atoms with Gasteiger partial charge in [0, 0.05) is 12.4 Å². The summed E-state index contributed by atoms with van der Waals surface area (Å²) in [5, 5.41) is 9.38. The van der Waals surface area contributed by atoms with Gasteiger partial charge in [0.2, 0.25) is 0 Å². The summed E-state index contributed by atoms with van der Waals surface area (Å²) in [5.74, 6) is -0.579. The Hall–Kier alpha value is -1.89.